The topological polar surface area (TPSA) is 89.1 Å². The summed E-state index contributed by atoms with van der Waals surface area (Å²) in [6.07, 6.45) is 6.84. The largest absolute Gasteiger partial charge is 0.356 e. The molecular formula is C23H25F2N7O. The fourth-order valence-electron chi connectivity index (χ4n) is 4.59. The van der Waals surface area contributed by atoms with Gasteiger partial charge >= 0.3 is 0 Å². The average Bonchev–Trinajstić information content (AvgIpc) is 3.24. The van der Waals surface area contributed by atoms with Gasteiger partial charge in [0.15, 0.2) is 0 Å². The number of amides is 1. The van der Waals surface area contributed by atoms with Gasteiger partial charge < -0.3 is 15.2 Å². The molecule has 172 valence electrons. The van der Waals surface area contributed by atoms with Crippen LogP contribution < -0.4 is 10.6 Å². The Labute approximate surface area is 189 Å². The van der Waals surface area contributed by atoms with Crippen LogP contribution in [0.5, 0.6) is 0 Å². The molecule has 1 saturated heterocycles. The normalized spacial score (nSPS) is 18.6. The molecule has 1 atom stereocenters. The molecule has 1 fully saturated rings. The molecule has 10 heteroatoms. The van der Waals surface area contributed by atoms with Gasteiger partial charge in [0.2, 0.25) is 11.9 Å². The number of rotatable bonds is 5. The van der Waals surface area contributed by atoms with Crippen molar-refractivity contribution < 1.29 is 13.6 Å². The van der Waals surface area contributed by atoms with Crippen molar-refractivity contribution in [1.29, 1.82) is 0 Å². The first-order chi connectivity index (χ1) is 15.9. The molecule has 0 radical (unpaired) electrons. The molecule has 0 spiro atoms. The number of aromatic nitrogens is 5. The smallest absolute Gasteiger partial charge is 0.256 e. The van der Waals surface area contributed by atoms with Crippen LogP contribution in [0.4, 0.5) is 14.7 Å². The molecule has 0 bridgehead atoms. The van der Waals surface area contributed by atoms with Crippen molar-refractivity contribution in [2.45, 2.75) is 52.1 Å². The summed E-state index contributed by atoms with van der Waals surface area (Å²) in [7, 11) is 0. The number of aryl methyl sites for hydroxylation is 1. The number of carbonyl (C=O) groups excluding carboxylic acids is 1. The Balaban J connectivity index is 1.44. The number of piperidine rings is 1. The lowest BCUT2D eigenvalue weighted by Crippen LogP contribution is -2.40. The maximum atomic E-state index is 13.1. The van der Waals surface area contributed by atoms with Gasteiger partial charge in [-0.3, -0.25) is 4.79 Å². The minimum Gasteiger partial charge on any atom is -0.356 e. The predicted octanol–water partition coefficient (Wildman–Crippen LogP) is 3.23. The molecule has 0 saturated carbocycles. The number of alkyl halides is 2. The Kier molecular flexibility index (Phi) is 5.43. The highest BCUT2D eigenvalue weighted by atomic mass is 19.3. The van der Waals surface area contributed by atoms with E-state index in [2.05, 4.69) is 25.7 Å². The highest BCUT2D eigenvalue weighted by Gasteiger charge is 2.22. The van der Waals surface area contributed by atoms with Crippen molar-refractivity contribution in [3.63, 3.8) is 0 Å². The van der Waals surface area contributed by atoms with E-state index in [-0.39, 0.29) is 18.5 Å². The molecule has 0 aromatic carbocycles. The van der Waals surface area contributed by atoms with Crippen molar-refractivity contribution in [1.82, 2.24) is 29.5 Å². The maximum absolute atomic E-state index is 13.1. The van der Waals surface area contributed by atoms with Crippen molar-refractivity contribution in [2.75, 3.05) is 11.9 Å². The Hall–Kier alpha value is -3.56. The highest BCUT2D eigenvalue weighted by Crippen LogP contribution is 2.32. The van der Waals surface area contributed by atoms with E-state index in [1.165, 1.54) is 0 Å². The third-order valence-electron chi connectivity index (χ3n) is 6.20. The van der Waals surface area contributed by atoms with Gasteiger partial charge in [0.25, 0.3) is 6.43 Å². The number of hydrogen-bond donors (Lipinski definition) is 2. The van der Waals surface area contributed by atoms with Gasteiger partial charge in [-0.2, -0.15) is 0 Å². The van der Waals surface area contributed by atoms with E-state index >= 15 is 0 Å². The van der Waals surface area contributed by atoms with Gasteiger partial charge in [-0.15, -0.1) is 5.10 Å². The second-order valence-electron chi connectivity index (χ2n) is 8.52. The molecular weight excluding hydrogens is 428 g/mol. The van der Waals surface area contributed by atoms with Gasteiger partial charge in [0.1, 0.15) is 5.82 Å². The van der Waals surface area contributed by atoms with Crippen LogP contribution in [0.25, 0.3) is 17.2 Å². The summed E-state index contributed by atoms with van der Waals surface area (Å²) in [4.78, 5) is 20.6. The molecule has 1 aliphatic carbocycles. The molecule has 2 aliphatic rings. The lowest BCUT2D eigenvalue weighted by molar-refractivity contribution is -0.122. The summed E-state index contributed by atoms with van der Waals surface area (Å²) in [6, 6.07) is 1.99. The average molecular weight is 453 g/mol. The molecule has 8 nitrogen and oxygen atoms in total. The monoisotopic (exact) mass is 453 g/mol. The number of anilines is 1. The van der Waals surface area contributed by atoms with Crippen molar-refractivity contribution >= 4 is 29.0 Å². The van der Waals surface area contributed by atoms with E-state index in [1.807, 2.05) is 31.3 Å². The number of hydrogen-bond acceptors (Lipinski definition) is 5. The number of imidazole rings is 1. The highest BCUT2D eigenvalue weighted by molar-refractivity contribution is 5.89. The number of carbonyl (C=O) groups is 1. The minimum absolute atomic E-state index is 0.00892. The van der Waals surface area contributed by atoms with Gasteiger partial charge in [-0.05, 0) is 38.0 Å². The Morgan fingerprint density at radius 1 is 1.30 bits per heavy atom. The van der Waals surface area contributed by atoms with Crippen LogP contribution in [0, 0.1) is 6.92 Å². The lowest BCUT2D eigenvalue weighted by atomic mass is 10.00. The van der Waals surface area contributed by atoms with Crippen LogP contribution in [-0.2, 0) is 17.8 Å². The van der Waals surface area contributed by atoms with Gasteiger partial charge in [-0.1, -0.05) is 11.6 Å². The number of nitrogens with zero attached hydrogens (tertiary/aromatic N) is 5. The van der Waals surface area contributed by atoms with Gasteiger partial charge in [0, 0.05) is 42.9 Å². The number of nitrogens with one attached hydrogen (secondary N) is 2. The van der Waals surface area contributed by atoms with Gasteiger partial charge in [-0.25, -0.2) is 23.3 Å². The van der Waals surface area contributed by atoms with Crippen LogP contribution >= 0.6 is 0 Å². The minimum atomic E-state index is -2.43. The second-order valence-corrected chi connectivity index (χ2v) is 8.52. The zero-order valence-corrected chi connectivity index (χ0v) is 18.5. The number of fused-ring (bicyclic) bond motifs is 2. The molecule has 3 aromatic heterocycles. The SMILES string of the molecule is CC1=C(c2ccn3nc(NC4CCNC(=O)C4)ncc23)C=Cc2nc(C)n(CC(F)F)c2C1. The summed E-state index contributed by atoms with van der Waals surface area (Å²) < 4.78 is 29.6. The molecule has 3 aromatic rings. The van der Waals surface area contributed by atoms with E-state index in [0.29, 0.717) is 31.2 Å². The van der Waals surface area contributed by atoms with Crippen LogP contribution in [-0.4, -0.2) is 49.1 Å². The third kappa shape index (κ3) is 4.12. The Bertz CT molecular complexity index is 1290. The lowest BCUT2D eigenvalue weighted by Gasteiger charge is -2.22. The summed E-state index contributed by atoms with van der Waals surface area (Å²) >= 11 is 0. The Morgan fingerprint density at radius 3 is 2.94 bits per heavy atom. The first-order valence-corrected chi connectivity index (χ1v) is 11.0. The van der Waals surface area contributed by atoms with Crippen LogP contribution in [0.15, 0.2) is 30.1 Å². The van der Waals surface area contributed by atoms with E-state index in [4.69, 9.17) is 0 Å². The molecule has 1 amide bonds. The molecule has 4 heterocycles. The predicted molar refractivity (Wildman–Crippen MR) is 121 cm³/mol. The fraction of sp³-hybridized carbons (Fsp3) is 0.391. The summed E-state index contributed by atoms with van der Waals surface area (Å²) in [5.41, 5.74) is 5.40. The van der Waals surface area contributed by atoms with Crippen LogP contribution in [0.2, 0.25) is 0 Å². The van der Waals surface area contributed by atoms with E-state index in [0.717, 1.165) is 40.0 Å². The summed E-state index contributed by atoms with van der Waals surface area (Å²) in [6.45, 7) is 4.06. The quantitative estimate of drug-likeness (QED) is 0.619. The fourth-order valence-corrected chi connectivity index (χ4v) is 4.59. The summed E-state index contributed by atoms with van der Waals surface area (Å²) in [5, 5.41) is 10.6. The molecule has 33 heavy (non-hydrogen) atoms. The summed E-state index contributed by atoms with van der Waals surface area (Å²) in [5.74, 6) is 1.09. The molecule has 2 N–H and O–H groups in total. The second kappa shape index (κ2) is 8.42. The Morgan fingerprint density at radius 2 is 2.15 bits per heavy atom. The number of halogens is 2. The molecule has 5 rings (SSSR count). The molecule has 1 aliphatic heterocycles. The van der Waals surface area contributed by atoms with E-state index < -0.39 is 6.43 Å². The van der Waals surface area contributed by atoms with E-state index in [1.54, 1.807) is 22.2 Å². The van der Waals surface area contributed by atoms with Crippen molar-refractivity contribution in [3.8, 4) is 0 Å². The van der Waals surface area contributed by atoms with Crippen LogP contribution in [0.1, 0.15) is 42.5 Å². The van der Waals surface area contributed by atoms with Crippen molar-refractivity contribution in [3.05, 3.63) is 52.9 Å². The maximum Gasteiger partial charge on any atom is 0.256 e. The first-order valence-electron chi connectivity index (χ1n) is 11.0. The van der Waals surface area contributed by atoms with E-state index in [9.17, 15) is 13.6 Å². The van der Waals surface area contributed by atoms with Crippen LogP contribution in [0.3, 0.4) is 0 Å². The zero-order valence-electron chi connectivity index (χ0n) is 18.5. The van der Waals surface area contributed by atoms with Crippen molar-refractivity contribution in [2.24, 2.45) is 0 Å². The zero-order chi connectivity index (χ0) is 23.1. The first kappa shape index (κ1) is 21.3. The molecule has 1 unspecified atom stereocenters. The number of allylic oxidation sites excluding steroid dienone is 3. The van der Waals surface area contributed by atoms with Gasteiger partial charge in [0.05, 0.1) is 24.0 Å². The third-order valence-corrected chi connectivity index (χ3v) is 6.20. The standard InChI is InChI=1S/C23H25F2N7O/c1-13-9-19-18(28-14(2)31(19)12-21(24)25)4-3-16(13)17-6-8-32-20(17)11-27-23(30-32)29-15-5-7-26-22(33)10-15/h3-4,6,8,11,15,21H,5,7,9-10,12H2,1-2H3,(H,26,33)(H,29,30).